The first-order chi connectivity index (χ1) is 9.79. The van der Waals surface area contributed by atoms with Gasteiger partial charge in [-0.05, 0) is 32.2 Å². The number of nitrogens with one attached hydrogen (secondary N) is 1. The highest BCUT2D eigenvalue weighted by molar-refractivity contribution is 4.75. The van der Waals surface area contributed by atoms with Gasteiger partial charge in [0.25, 0.3) is 0 Å². The summed E-state index contributed by atoms with van der Waals surface area (Å²) in [5.74, 6) is 0. The maximum Gasteiger partial charge on any atom is 0.0725 e. The van der Waals surface area contributed by atoms with E-state index in [2.05, 4.69) is 26.1 Å². The molecule has 0 fully saturated rings. The first kappa shape index (κ1) is 19.8. The SMILES string of the molecule is CCCNC(CCC)C(CC)OCCCOCCOC. The van der Waals surface area contributed by atoms with Crippen LogP contribution in [-0.4, -0.2) is 52.2 Å². The van der Waals surface area contributed by atoms with Gasteiger partial charge in [0, 0.05) is 26.4 Å². The van der Waals surface area contributed by atoms with E-state index in [0.717, 1.165) is 32.6 Å². The molecule has 0 bridgehead atoms. The summed E-state index contributed by atoms with van der Waals surface area (Å²) in [6.45, 7) is 10.6. The molecule has 0 heterocycles. The maximum atomic E-state index is 6.04. The zero-order chi connectivity index (χ0) is 15.1. The summed E-state index contributed by atoms with van der Waals surface area (Å²) in [5, 5.41) is 3.62. The molecule has 1 N–H and O–H groups in total. The predicted molar refractivity (Wildman–Crippen MR) is 84.3 cm³/mol. The Bertz CT molecular complexity index is 191. The minimum atomic E-state index is 0.320. The third-order valence-corrected chi connectivity index (χ3v) is 3.30. The highest BCUT2D eigenvalue weighted by Gasteiger charge is 2.18. The van der Waals surface area contributed by atoms with E-state index in [4.69, 9.17) is 14.2 Å². The molecule has 2 unspecified atom stereocenters. The van der Waals surface area contributed by atoms with Crippen molar-refractivity contribution in [2.24, 2.45) is 0 Å². The number of ether oxygens (including phenoxy) is 3. The van der Waals surface area contributed by atoms with Gasteiger partial charge in [0.2, 0.25) is 0 Å². The minimum Gasteiger partial charge on any atom is -0.382 e. The average Bonchev–Trinajstić information content (AvgIpc) is 2.47. The molecule has 0 aliphatic heterocycles. The lowest BCUT2D eigenvalue weighted by molar-refractivity contribution is 0.00359. The average molecular weight is 289 g/mol. The van der Waals surface area contributed by atoms with Crippen molar-refractivity contribution in [3.63, 3.8) is 0 Å². The van der Waals surface area contributed by atoms with Crippen LogP contribution in [0.5, 0.6) is 0 Å². The fourth-order valence-corrected chi connectivity index (χ4v) is 2.22. The molecule has 0 aromatic carbocycles. The Morgan fingerprint density at radius 2 is 1.75 bits per heavy atom. The van der Waals surface area contributed by atoms with E-state index in [1.54, 1.807) is 7.11 Å². The third kappa shape index (κ3) is 10.6. The lowest BCUT2D eigenvalue weighted by Gasteiger charge is -2.27. The molecule has 0 radical (unpaired) electrons. The summed E-state index contributed by atoms with van der Waals surface area (Å²) >= 11 is 0. The van der Waals surface area contributed by atoms with Gasteiger partial charge < -0.3 is 19.5 Å². The predicted octanol–water partition coefficient (Wildman–Crippen LogP) is 3.00. The van der Waals surface area contributed by atoms with Crippen molar-refractivity contribution in [3.8, 4) is 0 Å². The van der Waals surface area contributed by atoms with Crippen LogP contribution < -0.4 is 5.32 Å². The molecule has 0 saturated heterocycles. The molecule has 0 spiro atoms. The molecular formula is C16H35NO3. The van der Waals surface area contributed by atoms with Crippen molar-refractivity contribution in [1.29, 1.82) is 0 Å². The second kappa shape index (κ2) is 15.2. The Morgan fingerprint density at radius 3 is 2.35 bits per heavy atom. The van der Waals surface area contributed by atoms with Gasteiger partial charge in [0.05, 0.1) is 19.3 Å². The van der Waals surface area contributed by atoms with E-state index in [-0.39, 0.29) is 0 Å². The lowest BCUT2D eigenvalue weighted by Crippen LogP contribution is -2.41. The number of hydrogen-bond donors (Lipinski definition) is 1. The largest absolute Gasteiger partial charge is 0.382 e. The minimum absolute atomic E-state index is 0.320. The van der Waals surface area contributed by atoms with Gasteiger partial charge >= 0.3 is 0 Å². The van der Waals surface area contributed by atoms with Crippen LogP contribution >= 0.6 is 0 Å². The van der Waals surface area contributed by atoms with E-state index >= 15 is 0 Å². The molecule has 0 rings (SSSR count). The molecule has 122 valence electrons. The van der Waals surface area contributed by atoms with E-state index < -0.39 is 0 Å². The van der Waals surface area contributed by atoms with E-state index in [0.29, 0.717) is 25.4 Å². The molecular weight excluding hydrogens is 254 g/mol. The zero-order valence-corrected chi connectivity index (χ0v) is 14.0. The van der Waals surface area contributed by atoms with Crippen molar-refractivity contribution in [2.45, 2.75) is 65.0 Å². The molecule has 4 heteroatoms. The van der Waals surface area contributed by atoms with Crippen LogP contribution in [0.25, 0.3) is 0 Å². The van der Waals surface area contributed by atoms with Crippen LogP contribution in [0, 0.1) is 0 Å². The molecule has 0 aliphatic carbocycles. The van der Waals surface area contributed by atoms with Gasteiger partial charge in [-0.15, -0.1) is 0 Å². The van der Waals surface area contributed by atoms with Crippen molar-refractivity contribution < 1.29 is 14.2 Å². The smallest absolute Gasteiger partial charge is 0.0725 e. The van der Waals surface area contributed by atoms with Gasteiger partial charge in [0.1, 0.15) is 0 Å². The Labute approximate surface area is 125 Å². The van der Waals surface area contributed by atoms with Crippen LogP contribution in [-0.2, 0) is 14.2 Å². The van der Waals surface area contributed by atoms with Crippen LogP contribution in [0.4, 0.5) is 0 Å². The second-order valence-electron chi connectivity index (χ2n) is 5.13. The fraction of sp³-hybridized carbons (Fsp3) is 1.00. The summed E-state index contributed by atoms with van der Waals surface area (Å²) in [5.41, 5.74) is 0. The number of rotatable bonds is 15. The van der Waals surface area contributed by atoms with Gasteiger partial charge in [0.15, 0.2) is 0 Å². The second-order valence-corrected chi connectivity index (χ2v) is 5.13. The van der Waals surface area contributed by atoms with Crippen LogP contribution in [0.15, 0.2) is 0 Å². The van der Waals surface area contributed by atoms with Crippen molar-refractivity contribution in [3.05, 3.63) is 0 Å². The van der Waals surface area contributed by atoms with E-state index in [9.17, 15) is 0 Å². The van der Waals surface area contributed by atoms with E-state index in [1.807, 2.05) is 0 Å². The Balaban J connectivity index is 3.79. The molecule has 0 amide bonds. The molecule has 0 aliphatic rings. The van der Waals surface area contributed by atoms with Gasteiger partial charge in [-0.2, -0.15) is 0 Å². The van der Waals surface area contributed by atoms with Crippen LogP contribution in [0.3, 0.4) is 0 Å². The van der Waals surface area contributed by atoms with Gasteiger partial charge in [-0.25, -0.2) is 0 Å². The summed E-state index contributed by atoms with van der Waals surface area (Å²) in [6, 6.07) is 0.486. The highest BCUT2D eigenvalue weighted by atomic mass is 16.5. The molecule has 20 heavy (non-hydrogen) atoms. The van der Waals surface area contributed by atoms with Crippen molar-refractivity contribution in [2.75, 3.05) is 40.1 Å². The topological polar surface area (TPSA) is 39.7 Å². The summed E-state index contributed by atoms with van der Waals surface area (Å²) in [4.78, 5) is 0. The molecule has 0 saturated carbocycles. The highest BCUT2D eigenvalue weighted by Crippen LogP contribution is 2.11. The van der Waals surface area contributed by atoms with Gasteiger partial charge in [-0.3, -0.25) is 0 Å². The monoisotopic (exact) mass is 289 g/mol. The molecule has 0 aromatic rings. The number of methoxy groups -OCH3 is 1. The summed E-state index contributed by atoms with van der Waals surface area (Å²) in [6.07, 6.45) is 5.88. The number of hydrogen-bond acceptors (Lipinski definition) is 4. The first-order valence-corrected chi connectivity index (χ1v) is 8.21. The third-order valence-electron chi connectivity index (χ3n) is 3.30. The van der Waals surface area contributed by atoms with Crippen molar-refractivity contribution in [1.82, 2.24) is 5.32 Å². The Kier molecular flexibility index (Phi) is 15.1. The molecule has 0 aromatic heterocycles. The standard InChI is InChI=1S/C16H35NO3/c1-5-9-15(17-10-6-2)16(7-3)20-12-8-11-19-14-13-18-4/h15-17H,5-14H2,1-4H3. The quantitative estimate of drug-likeness (QED) is 0.470. The van der Waals surface area contributed by atoms with Crippen LogP contribution in [0.2, 0.25) is 0 Å². The maximum absolute atomic E-state index is 6.04. The fourth-order valence-electron chi connectivity index (χ4n) is 2.22. The zero-order valence-electron chi connectivity index (χ0n) is 14.0. The summed E-state index contributed by atoms with van der Waals surface area (Å²) in [7, 11) is 1.69. The molecule has 4 nitrogen and oxygen atoms in total. The van der Waals surface area contributed by atoms with Crippen molar-refractivity contribution >= 4 is 0 Å². The van der Waals surface area contributed by atoms with Crippen LogP contribution in [0.1, 0.15) is 52.9 Å². The van der Waals surface area contributed by atoms with E-state index in [1.165, 1.54) is 19.3 Å². The molecule has 2 atom stereocenters. The summed E-state index contributed by atoms with van der Waals surface area (Å²) < 4.78 is 16.4. The lowest BCUT2D eigenvalue weighted by atomic mass is 10.0. The first-order valence-electron chi connectivity index (χ1n) is 8.21. The Hall–Kier alpha value is -0.160. The normalized spacial score (nSPS) is 14.4. The Morgan fingerprint density at radius 1 is 0.950 bits per heavy atom. The van der Waals surface area contributed by atoms with Gasteiger partial charge in [-0.1, -0.05) is 27.2 Å².